The number of hydrogen-bond acceptors (Lipinski definition) is 6. The molecule has 0 spiro atoms. The third-order valence-electron chi connectivity index (χ3n) is 17.3. The molecule has 5 N–H and O–H groups in total. The number of hydrogen-bond donors (Lipinski definition) is 5. The van der Waals surface area contributed by atoms with Crippen molar-refractivity contribution < 1.29 is 25.5 Å². The highest BCUT2D eigenvalue weighted by Crippen LogP contribution is 2.48. The van der Waals surface area contributed by atoms with Gasteiger partial charge in [-0.25, -0.2) is 0 Å². The maximum atomic E-state index is 10.9. The monoisotopic (exact) mass is 1130 g/mol. The van der Waals surface area contributed by atoms with Gasteiger partial charge in [0.05, 0.1) is 0 Å². The van der Waals surface area contributed by atoms with E-state index >= 15 is 0 Å². The lowest BCUT2D eigenvalue weighted by atomic mass is 9.68. The first kappa shape index (κ1) is 68.9. The molecule has 0 radical (unpaired) electrons. The zero-order valence-electron chi connectivity index (χ0n) is 55.5. The predicted molar refractivity (Wildman–Crippen MR) is 353 cm³/mol. The van der Waals surface area contributed by atoms with Gasteiger partial charge in [-0.1, -0.05) is 213 Å². The van der Waals surface area contributed by atoms with E-state index in [1.165, 1.54) is 97.8 Å². The first-order chi connectivity index (χ1) is 37.2. The molecule has 5 aromatic rings. The van der Waals surface area contributed by atoms with Crippen molar-refractivity contribution in [3.05, 3.63) is 144 Å². The number of thioether (sulfide) groups is 1. The van der Waals surface area contributed by atoms with Gasteiger partial charge in [0.1, 0.15) is 28.7 Å². The molecular weight excluding hydrogens is 1010 g/mol. The molecule has 0 amide bonds. The summed E-state index contributed by atoms with van der Waals surface area (Å²) in [5.74, 6) is 4.34. The van der Waals surface area contributed by atoms with Crippen molar-refractivity contribution >= 4 is 11.8 Å². The molecule has 0 aliphatic carbocycles. The van der Waals surface area contributed by atoms with Gasteiger partial charge in [-0.05, 0) is 212 Å². The third-order valence-corrected chi connectivity index (χ3v) is 18.4. The SMILES string of the molecule is CCCCCCCCCCCCSCCC(C)(c1cc(C(C)(C)C)c(O)cc1C)c1cc(C(C)(C)C)c(O)cc1C.Cc1cc(O)c(C(C)(C)C)cc1C(C)CC(c1cc(C(C)(C)C)c(O)cc1C)c1cc(C(C)(C)C)c(O)cc1C. The van der Waals surface area contributed by atoms with Gasteiger partial charge in [0.25, 0.3) is 0 Å². The number of aryl methyl sites for hydroxylation is 5. The highest BCUT2D eigenvalue weighted by Gasteiger charge is 2.36. The van der Waals surface area contributed by atoms with Crippen LogP contribution in [0.15, 0.2) is 60.7 Å². The van der Waals surface area contributed by atoms with Crippen LogP contribution in [0, 0.1) is 34.6 Å². The quantitative estimate of drug-likeness (QED) is 0.0470. The van der Waals surface area contributed by atoms with Crippen molar-refractivity contribution in [2.75, 3.05) is 11.5 Å². The third kappa shape index (κ3) is 18.2. The van der Waals surface area contributed by atoms with Crippen molar-refractivity contribution in [2.45, 2.75) is 281 Å². The summed E-state index contributed by atoms with van der Waals surface area (Å²) in [6.45, 7) is 49.7. The van der Waals surface area contributed by atoms with E-state index < -0.39 is 0 Å². The average Bonchev–Trinajstić information content (AvgIpc) is 3.46. The van der Waals surface area contributed by atoms with Gasteiger partial charge in [-0.2, -0.15) is 11.8 Å². The summed E-state index contributed by atoms with van der Waals surface area (Å²) in [5, 5.41) is 54.4. The summed E-state index contributed by atoms with van der Waals surface area (Å²) in [6.07, 6.45) is 15.6. The van der Waals surface area contributed by atoms with E-state index in [0.717, 1.165) is 74.2 Å². The molecule has 0 saturated carbocycles. The molecule has 0 aliphatic rings. The molecule has 0 aliphatic heterocycles. The second-order valence-electron chi connectivity index (χ2n) is 29.9. The smallest absolute Gasteiger partial charge is 0.119 e. The van der Waals surface area contributed by atoms with Crippen LogP contribution < -0.4 is 0 Å². The Kier molecular flexibility index (Phi) is 23.7. The van der Waals surface area contributed by atoms with Crippen LogP contribution >= 0.6 is 11.8 Å². The molecule has 1 atom stereocenters. The van der Waals surface area contributed by atoms with Gasteiger partial charge in [0.15, 0.2) is 0 Å². The average molecular weight is 1130 g/mol. The number of phenols is 5. The Morgan fingerprint density at radius 2 is 0.630 bits per heavy atom. The highest BCUT2D eigenvalue weighted by molar-refractivity contribution is 7.99. The molecular formula is C75H114O5S. The minimum absolute atomic E-state index is 0.0460. The Morgan fingerprint density at radius 1 is 0.346 bits per heavy atom. The second kappa shape index (κ2) is 27.9. The fourth-order valence-electron chi connectivity index (χ4n) is 12.4. The number of benzene rings is 5. The number of phenolic OH excluding ortho intramolecular Hbond substituents is 5. The summed E-state index contributed by atoms with van der Waals surface area (Å²) in [6, 6.07) is 20.8. The fourth-order valence-corrected chi connectivity index (χ4v) is 13.5. The van der Waals surface area contributed by atoms with Crippen molar-refractivity contribution in [3.63, 3.8) is 0 Å². The predicted octanol–water partition coefficient (Wildman–Crippen LogP) is 21.6. The molecule has 0 saturated heterocycles. The normalized spacial score (nSPS) is 13.2. The van der Waals surface area contributed by atoms with Gasteiger partial charge in [-0.3, -0.25) is 0 Å². The lowest BCUT2D eigenvalue weighted by molar-refractivity contribution is 0.440. The summed E-state index contributed by atoms with van der Waals surface area (Å²) in [4.78, 5) is 0. The molecule has 5 aromatic carbocycles. The van der Waals surface area contributed by atoms with Crippen LogP contribution in [-0.4, -0.2) is 37.0 Å². The Morgan fingerprint density at radius 3 is 0.963 bits per heavy atom. The summed E-state index contributed by atoms with van der Waals surface area (Å²) in [5.41, 5.74) is 15.4. The van der Waals surface area contributed by atoms with Crippen molar-refractivity contribution in [3.8, 4) is 28.7 Å². The molecule has 5 nitrogen and oxygen atoms in total. The zero-order valence-corrected chi connectivity index (χ0v) is 56.3. The van der Waals surface area contributed by atoms with Gasteiger partial charge >= 0.3 is 0 Å². The molecule has 0 bridgehead atoms. The van der Waals surface area contributed by atoms with E-state index in [0.29, 0.717) is 28.7 Å². The molecule has 0 aromatic heterocycles. The van der Waals surface area contributed by atoms with Gasteiger partial charge < -0.3 is 25.5 Å². The van der Waals surface area contributed by atoms with E-state index in [4.69, 9.17) is 0 Å². The summed E-state index contributed by atoms with van der Waals surface area (Å²) in [7, 11) is 0. The van der Waals surface area contributed by atoms with Crippen molar-refractivity contribution in [1.29, 1.82) is 0 Å². The van der Waals surface area contributed by atoms with Crippen molar-refractivity contribution in [2.24, 2.45) is 0 Å². The van der Waals surface area contributed by atoms with E-state index in [9.17, 15) is 25.5 Å². The van der Waals surface area contributed by atoms with E-state index in [1.807, 2.05) is 30.3 Å². The van der Waals surface area contributed by atoms with Crippen LogP contribution in [-0.2, 0) is 32.5 Å². The van der Waals surface area contributed by atoms with Gasteiger partial charge in [0, 0.05) is 11.3 Å². The molecule has 0 fully saturated rings. The maximum absolute atomic E-state index is 10.9. The fraction of sp³-hybridized carbons (Fsp3) is 0.600. The van der Waals surface area contributed by atoms with Crippen LogP contribution in [0.5, 0.6) is 28.7 Å². The van der Waals surface area contributed by atoms with E-state index in [1.54, 1.807) is 0 Å². The van der Waals surface area contributed by atoms with Gasteiger partial charge in [-0.15, -0.1) is 0 Å². The minimum Gasteiger partial charge on any atom is -0.508 e. The van der Waals surface area contributed by atoms with Crippen LogP contribution in [0.4, 0.5) is 0 Å². The maximum Gasteiger partial charge on any atom is 0.119 e. The lowest BCUT2D eigenvalue weighted by Gasteiger charge is -2.37. The summed E-state index contributed by atoms with van der Waals surface area (Å²) >= 11 is 2.09. The van der Waals surface area contributed by atoms with E-state index in [-0.39, 0.29) is 44.3 Å². The molecule has 0 heterocycles. The second-order valence-corrected chi connectivity index (χ2v) is 31.1. The van der Waals surface area contributed by atoms with Crippen LogP contribution in [0.3, 0.4) is 0 Å². The van der Waals surface area contributed by atoms with Crippen LogP contribution in [0.25, 0.3) is 0 Å². The Hall–Kier alpha value is -4.55. The lowest BCUT2D eigenvalue weighted by Crippen LogP contribution is -2.29. The Balaban J connectivity index is 0.000000348. The van der Waals surface area contributed by atoms with Crippen LogP contribution in [0.2, 0.25) is 0 Å². The largest absolute Gasteiger partial charge is 0.508 e. The molecule has 5 rings (SSSR count). The first-order valence-electron chi connectivity index (χ1n) is 31.0. The topological polar surface area (TPSA) is 101 Å². The molecule has 6 heteroatoms. The highest BCUT2D eigenvalue weighted by atomic mass is 32.2. The molecule has 450 valence electrons. The Bertz CT molecular complexity index is 2730. The minimum atomic E-state index is -0.236. The summed E-state index contributed by atoms with van der Waals surface area (Å²) < 4.78 is 0. The zero-order chi connectivity index (χ0) is 61.4. The van der Waals surface area contributed by atoms with Crippen molar-refractivity contribution in [1.82, 2.24) is 0 Å². The molecule has 1 unspecified atom stereocenters. The van der Waals surface area contributed by atoms with E-state index in [2.05, 4.69) is 201 Å². The number of rotatable bonds is 21. The standard InChI is InChI=1S/C38H62O2S.C37H52O3/c1-11-12-13-14-15-16-17-18-19-20-22-41-23-21-38(10,30-26-32(36(4,5)6)34(39)24-28(30)2)31-27-33(37(7,8)9)35(40)25-29(31)3;1-21(25-18-29(35(5,6)7)32(38)15-22(25)2)14-28(26-19-30(36(8,9)10)33(39)16-23(26)3)27-20-31(37(11,12)13)34(40)17-24(27)4/h24-27,39-40H,11-23H2,1-10H3;15-21,28,38-40H,14H2,1-13H3. The Labute approximate surface area is 499 Å². The number of unbranched alkanes of at least 4 members (excludes halogenated alkanes) is 9. The van der Waals surface area contributed by atoms with Crippen LogP contribution in [0.1, 0.15) is 297 Å². The molecule has 81 heavy (non-hydrogen) atoms. The first-order valence-corrected chi connectivity index (χ1v) is 32.2. The van der Waals surface area contributed by atoms with Gasteiger partial charge in [0.2, 0.25) is 0 Å². The number of aromatic hydroxyl groups is 5.